The molecule has 0 bridgehead atoms. The lowest BCUT2D eigenvalue weighted by Gasteiger charge is -2.29. The molecule has 28 heavy (non-hydrogen) atoms. The summed E-state index contributed by atoms with van der Waals surface area (Å²) < 4.78 is 27.4. The lowest BCUT2D eigenvalue weighted by atomic mass is 9.96. The van der Waals surface area contributed by atoms with E-state index in [0.29, 0.717) is 6.54 Å². The van der Waals surface area contributed by atoms with Crippen molar-refractivity contribution in [3.05, 3.63) is 28.3 Å². The van der Waals surface area contributed by atoms with Crippen LogP contribution in [0, 0.1) is 5.41 Å². The SMILES string of the molecule is CCN(C)CC(C)(C)CS(=O)(=O)NC(=O)Nc1c2c(cc3c1CCC3)CCC2. The molecule has 0 saturated heterocycles. The third kappa shape index (κ3) is 4.87. The third-order valence-corrected chi connectivity index (χ3v) is 7.44. The van der Waals surface area contributed by atoms with Crippen LogP contribution in [-0.2, 0) is 35.7 Å². The molecule has 156 valence electrons. The van der Waals surface area contributed by atoms with E-state index in [1.54, 1.807) is 0 Å². The van der Waals surface area contributed by atoms with Gasteiger partial charge in [0.15, 0.2) is 0 Å². The lowest BCUT2D eigenvalue weighted by molar-refractivity contribution is 0.237. The Morgan fingerprint density at radius 1 is 1.11 bits per heavy atom. The Kier molecular flexibility index (Phi) is 6.05. The van der Waals surface area contributed by atoms with Gasteiger partial charge in [0.2, 0.25) is 10.0 Å². The smallest absolute Gasteiger partial charge is 0.307 e. The molecule has 2 amide bonds. The summed E-state index contributed by atoms with van der Waals surface area (Å²) in [6.07, 6.45) is 6.15. The van der Waals surface area contributed by atoms with Gasteiger partial charge < -0.3 is 10.2 Å². The predicted molar refractivity (Wildman–Crippen MR) is 113 cm³/mol. The van der Waals surface area contributed by atoms with Crippen LogP contribution in [0.1, 0.15) is 55.9 Å². The van der Waals surface area contributed by atoms with E-state index in [4.69, 9.17) is 0 Å². The van der Waals surface area contributed by atoms with E-state index < -0.39 is 21.5 Å². The van der Waals surface area contributed by atoms with E-state index >= 15 is 0 Å². The van der Waals surface area contributed by atoms with Crippen LogP contribution in [-0.4, -0.2) is 45.2 Å². The van der Waals surface area contributed by atoms with E-state index in [2.05, 4.69) is 21.0 Å². The highest BCUT2D eigenvalue weighted by Crippen LogP contribution is 2.38. The number of urea groups is 1. The summed E-state index contributed by atoms with van der Waals surface area (Å²) in [5, 5.41) is 2.90. The highest BCUT2D eigenvalue weighted by molar-refractivity contribution is 7.90. The third-order valence-electron chi connectivity index (χ3n) is 5.78. The minimum Gasteiger partial charge on any atom is -0.307 e. The fourth-order valence-corrected chi connectivity index (χ4v) is 6.21. The van der Waals surface area contributed by atoms with Crippen LogP contribution in [0.25, 0.3) is 0 Å². The molecule has 0 atom stereocenters. The highest BCUT2D eigenvalue weighted by Gasteiger charge is 2.30. The molecular formula is C21H33N3O3S. The number of carbonyl (C=O) groups excluding carboxylic acids is 1. The standard InChI is InChI=1S/C21H33N3O3S/c1-5-24(4)13-21(2,3)14-28(26,27)23-20(25)22-19-17-10-6-8-15(17)12-16-9-7-11-18(16)19/h12H,5-11,13-14H2,1-4H3,(H2,22,23,25). The zero-order chi connectivity index (χ0) is 20.5. The van der Waals surface area contributed by atoms with Crippen LogP contribution < -0.4 is 10.0 Å². The minimum absolute atomic E-state index is 0.0945. The average molecular weight is 408 g/mol. The number of aryl methyl sites for hydroxylation is 2. The first-order valence-electron chi connectivity index (χ1n) is 10.3. The van der Waals surface area contributed by atoms with E-state index in [0.717, 1.165) is 50.8 Å². The molecule has 2 aliphatic rings. The number of rotatable bonds is 7. The van der Waals surface area contributed by atoms with Gasteiger partial charge in [0.05, 0.1) is 5.75 Å². The summed E-state index contributed by atoms with van der Waals surface area (Å²) in [5.41, 5.74) is 5.41. The van der Waals surface area contributed by atoms with Crippen molar-refractivity contribution in [3.8, 4) is 0 Å². The number of anilines is 1. The van der Waals surface area contributed by atoms with Gasteiger partial charge in [-0.15, -0.1) is 0 Å². The van der Waals surface area contributed by atoms with E-state index in [1.165, 1.54) is 22.3 Å². The molecule has 0 saturated carbocycles. The van der Waals surface area contributed by atoms with Gasteiger partial charge in [-0.25, -0.2) is 17.9 Å². The maximum atomic E-state index is 12.6. The van der Waals surface area contributed by atoms with Crippen LogP contribution in [0.15, 0.2) is 6.07 Å². The van der Waals surface area contributed by atoms with Gasteiger partial charge in [0.25, 0.3) is 0 Å². The van der Waals surface area contributed by atoms with Crippen molar-refractivity contribution in [2.45, 2.75) is 59.3 Å². The number of carbonyl (C=O) groups is 1. The number of hydrogen-bond donors (Lipinski definition) is 2. The number of nitrogens with zero attached hydrogens (tertiary/aromatic N) is 1. The first-order valence-corrected chi connectivity index (χ1v) is 11.9. The second kappa shape index (κ2) is 8.03. The van der Waals surface area contributed by atoms with E-state index in [1.807, 2.05) is 27.8 Å². The van der Waals surface area contributed by atoms with Crippen molar-refractivity contribution < 1.29 is 13.2 Å². The Morgan fingerprint density at radius 2 is 1.68 bits per heavy atom. The van der Waals surface area contributed by atoms with Gasteiger partial charge in [0, 0.05) is 12.2 Å². The van der Waals surface area contributed by atoms with Crippen LogP contribution in [0.4, 0.5) is 10.5 Å². The molecule has 3 rings (SSSR count). The Hall–Kier alpha value is -1.60. The molecule has 2 N–H and O–H groups in total. The summed E-state index contributed by atoms with van der Waals surface area (Å²) in [6.45, 7) is 7.35. The molecule has 2 aliphatic carbocycles. The Morgan fingerprint density at radius 3 is 2.21 bits per heavy atom. The molecular weight excluding hydrogens is 374 g/mol. The number of hydrogen-bond acceptors (Lipinski definition) is 4. The fourth-order valence-electron chi connectivity index (χ4n) is 4.69. The summed E-state index contributed by atoms with van der Waals surface area (Å²) in [4.78, 5) is 14.7. The number of nitrogens with one attached hydrogen (secondary N) is 2. The maximum absolute atomic E-state index is 12.6. The predicted octanol–water partition coefficient (Wildman–Crippen LogP) is 3.09. The van der Waals surface area contributed by atoms with Gasteiger partial charge in [-0.05, 0) is 79.8 Å². The number of sulfonamides is 1. The van der Waals surface area contributed by atoms with Crippen molar-refractivity contribution in [1.82, 2.24) is 9.62 Å². The zero-order valence-electron chi connectivity index (χ0n) is 17.5. The monoisotopic (exact) mass is 407 g/mol. The first-order chi connectivity index (χ1) is 13.1. The Balaban J connectivity index is 1.71. The minimum atomic E-state index is -3.73. The number of amides is 2. The maximum Gasteiger partial charge on any atom is 0.332 e. The molecule has 0 fully saturated rings. The molecule has 0 heterocycles. The highest BCUT2D eigenvalue weighted by atomic mass is 32.2. The van der Waals surface area contributed by atoms with Crippen molar-refractivity contribution >= 4 is 21.7 Å². The summed E-state index contributed by atoms with van der Waals surface area (Å²) in [6, 6.07) is 1.64. The van der Waals surface area contributed by atoms with Crippen molar-refractivity contribution in [2.24, 2.45) is 5.41 Å². The Labute approximate surface area is 169 Å². The van der Waals surface area contributed by atoms with Gasteiger partial charge in [0.1, 0.15) is 0 Å². The molecule has 0 aromatic heterocycles. The van der Waals surface area contributed by atoms with Gasteiger partial charge in [-0.1, -0.05) is 26.8 Å². The Bertz CT molecular complexity index is 830. The van der Waals surface area contributed by atoms with Crippen LogP contribution >= 0.6 is 0 Å². The molecule has 1 aromatic rings. The van der Waals surface area contributed by atoms with Crippen molar-refractivity contribution in [1.29, 1.82) is 0 Å². The van der Waals surface area contributed by atoms with Crippen molar-refractivity contribution in [2.75, 3.05) is 31.2 Å². The second-order valence-corrected chi connectivity index (χ2v) is 10.8. The van der Waals surface area contributed by atoms with E-state index in [9.17, 15) is 13.2 Å². The lowest BCUT2D eigenvalue weighted by Crippen LogP contribution is -2.43. The molecule has 6 nitrogen and oxygen atoms in total. The zero-order valence-corrected chi connectivity index (χ0v) is 18.3. The molecule has 0 unspecified atom stereocenters. The van der Waals surface area contributed by atoms with Gasteiger partial charge in [-0.2, -0.15) is 0 Å². The van der Waals surface area contributed by atoms with Gasteiger partial charge in [-0.3, -0.25) is 0 Å². The van der Waals surface area contributed by atoms with Crippen molar-refractivity contribution in [3.63, 3.8) is 0 Å². The van der Waals surface area contributed by atoms with Gasteiger partial charge >= 0.3 is 6.03 Å². The van der Waals surface area contributed by atoms with Crippen LogP contribution in [0.3, 0.4) is 0 Å². The quantitative estimate of drug-likeness (QED) is 0.728. The summed E-state index contributed by atoms with van der Waals surface area (Å²) >= 11 is 0. The topological polar surface area (TPSA) is 78.5 Å². The first kappa shape index (κ1) is 21.1. The number of benzene rings is 1. The summed E-state index contributed by atoms with van der Waals surface area (Å²) in [5.74, 6) is -0.0945. The normalized spacial score (nSPS) is 16.2. The average Bonchev–Trinajstić information content (AvgIpc) is 3.20. The number of fused-ring (bicyclic) bond motifs is 2. The second-order valence-electron chi connectivity index (χ2n) is 9.04. The summed E-state index contributed by atoms with van der Waals surface area (Å²) in [7, 11) is -1.77. The van der Waals surface area contributed by atoms with Crippen LogP contribution in [0.2, 0.25) is 0 Å². The fraction of sp³-hybridized carbons (Fsp3) is 0.667. The molecule has 0 aliphatic heterocycles. The molecule has 7 heteroatoms. The molecule has 1 aromatic carbocycles. The molecule has 0 radical (unpaired) electrons. The molecule has 0 spiro atoms. The van der Waals surface area contributed by atoms with E-state index in [-0.39, 0.29) is 5.75 Å². The largest absolute Gasteiger partial charge is 0.332 e. The van der Waals surface area contributed by atoms with Crippen LogP contribution in [0.5, 0.6) is 0 Å².